The van der Waals surface area contributed by atoms with Gasteiger partial charge in [-0.15, -0.1) is 0 Å². The lowest BCUT2D eigenvalue weighted by molar-refractivity contribution is -0.131. The standard InChI is InChI=1S/C24H20N2O4S/c1-29-21-13-17(11-12-20(21)30-15-16-7-3-2-4-8-16)14-22(23(27)28)31-24-25-18-9-5-6-10-19(18)26-24/h2-14H,15H2,1H3,(H,25,26)(H,27,28)/b22-14-. The second-order valence-corrected chi connectivity index (χ2v) is 7.69. The zero-order valence-corrected chi connectivity index (χ0v) is 17.6. The van der Waals surface area contributed by atoms with Crippen molar-refractivity contribution in [3.05, 3.63) is 88.8 Å². The van der Waals surface area contributed by atoms with Gasteiger partial charge in [-0.3, -0.25) is 0 Å². The van der Waals surface area contributed by atoms with Gasteiger partial charge in [0, 0.05) is 0 Å². The molecule has 156 valence electrons. The molecule has 31 heavy (non-hydrogen) atoms. The van der Waals surface area contributed by atoms with Crippen molar-refractivity contribution < 1.29 is 19.4 Å². The molecule has 0 aliphatic rings. The second-order valence-electron chi connectivity index (χ2n) is 6.66. The first-order valence-electron chi connectivity index (χ1n) is 9.55. The van der Waals surface area contributed by atoms with Crippen LogP contribution in [0.5, 0.6) is 11.5 Å². The molecular formula is C24H20N2O4S. The number of methoxy groups -OCH3 is 1. The number of aromatic amines is 1. The zero-order chi connectivity index (χ0) is 21.6. The summed E-state index contributed by atoms with van der Waals surface area (Å²) in [6, 6.07) is 22.7. The van der Waals surface area contributed by atoms with Gasteiger partial charge in [-0.05, 0) is 53.2 Å². The number of carboxylic acids is 1. The van der Waals surface area contributed by atoms with Gasteiger partial charge in [0.05, 0.1) is 18.1 Å². The van der Waals surface area contributed by atoms with E-state index in [9.17, 15) is 9.90 Å². The summed E-state index contributed by atoms with van der Waals surface area (Å²) < 4.78 is 11.3. The molecule has 1 heterocycles. The minimum Gasteiger partial charge on any atom is -0.493 e. The number of aliphatic carboxylic acids is 1. The van der Waals surface area contributed by atoms with Crippen molar-refractivity contribution in [1.29, 1.82) is 0 Å². The van der Waals surface area contributed by atoms with E-state index in [-0.39, 0.29) is 4.91 Å². The molecule has 2 N–H and O–H groups in total. The molecule has 0 amide bonds. The van der Waals surface area contributed by atoms with Crippen molar-refractivity contribution in [3.8, 4) is 11.5 Å². The Morgan fingerprint density at radius 1 is 1.06 bits per heavy atom. The molecule has 0 fully saturated rings. The fraction of sp³-hybridized carbons (Fsp3) is 0.0833. The molecule has 0 unspecified atom stereocenters. The van der Waals surface area contributed by atoms with Gasteiger partial charge in [0.1, 0.15) is 11.5 Å². The third kappa shape index (κ3) is 5.07. The predicted molar refractivity (Wildman–Crippen MR) is 121 cm³/mol. The van der Waals surface area contributed by atoms with Crippen LogP contribution in [-0.4, -0.2) is 28.2 Å². The molecule has 0 saturated heterocycles. The van der Waals surface area contributed by atoms with Crippen LogP contribution in [0.1, 0.15) is 11.1 Å². The SMILES string of the molecule is COc1cc(/C=C(\Sc2nc3ccccc3[nH]2)C(=O)O)ccc1OCc1ccccc1. The summed E-state index contributed by atoms with van der Waals surface area (Å²) in [5.41, 5.74) is 3.38. The van der Waals surface area contributed by atoms with Crippen molar-refractivity contribution in [2.24, 2.45) is 0 Å². The molecule has 6 nitrogen and oxygen atoms in total. The Labute approximate surface area is 183 Å². The molecule has 1 aromatic heterocycles. The number of thioether (sulfide) groups is 1. The minimum atomic E-state index is -1.03. The molecule has 0 radical (unpaired) electrons. The van der Waals surface area contributed by atoms with Gasteiger partial charge in [0.2, 0.25) is 0 Å². The van der Waals surface area contributed by atoms with Crippen molar-refractivity contribution in [1.82, 2.24) is 9.97 Å². The predicted octanol–water partition coefficient (Wildman–Crippen LogP) is 5.37. The van der Waals surface area contributed by atoms with Gasteiger partial charge in [-0.1, -0.05) is 48.5 Å². The molecule has 0 atom stereocenters. The van der Waals surface area contributed by atoms with Crippen LogP contribution in [0.4, 0.5) is 0 Å². The summed E-state index contributed by atoms with van der Waals surface area (Å²) in [7, 11) is 1.56. The number of benzene rings is 3. The average molecular weight is 433 g/mol. The number of nitrogens with zero attached hydrogens (tertiary/aromatic N) is 1. The molecular weight excluding hydrogens is 412 g/mol. The van der Waals surface area contributed by atoms with Crippen LogP contribution >= 0.6 is 11.8 Å². The summed E-state index contributed by atoms with van der Waals surface area (Å²) in [5, 5.41) is 10.2. The van der Waals surface area contributed by atoms with Gasteiger partial charge in [-0.25, -0.2) is 9.78 Å². The van der Waals surface area contributed by atoms with Crippen LogP contribution in [0.3, 0.4) is 0 Å². The van der Waals surface area contributed by atoms with Gasteiger partial charge in [0.15, 0.2) is 16.7 Å². The Balaban J connectivity index is 1.55. The van der Waals surface area contributed by atoms with E-state index in [1.54, 1.807) is 31.4 Å². The van der Waals surface area contributed by atoms with Crippen LogP contribution in [-0.2, 0) is 11.4 Å². The molecule has 0 aliphatic heterocycles. The number of fused-ring (bicyclic) bond motifs is 1. The summed E-state index contributed by atoms with van der Waals surface area (Å²) in [6.45, 7) is 0.411. The molecule has 0 aliphatic carbocycles. The number of hydrogen-bond acceptors (Lipinski definition) is 5. The molecule has 7 heteroatoms. The number of ether oxygens (including phenoxy) is 2. The van der Waals surface area contributed by atoms with Crippen molar-refractivity contribution >= 4 is 34.8 Å². The summed E-state index contributed by atoms with van der Waals surface area (Å²) >= 11 is 1.07. The maximum atomic E-state index is 11.8. The average Bonchev–Trinajstić information content (AvgIpc) is 3.20. The number of imidazole rings is 1. The first kappa shape index (κ1) is 20.6. The molecule has 0 bridgehead atoms. The lowest BCUT2D eigenvalue weighted by atomic mass is 10.2. The maximum absolute atomic E-state index is 11.8. The highest BCUT2D eigenvalue weighted by atomic mass is 32.2. The Morgan fingerprint density at radius 2 is 1.84 bits per heavy atom. The van der Waals surface area contributed by atoms with Crippen molar-refractivity contribution in [2.75, 3.05) is 7.11 Å². The van der Waals surface area contributed by atoms with E-state index < -0.39 is 5.97 Å². The van der Waals surface area contributed by atoms with Crippen LogP contribution in [0.2, 0.25) is 0 Å². The Kier molecular flexibility index (Phi) is 6.24. The highest BCUT2D eigenvalue weighted by molar-refractivity contribution is 8.04. The Hall–Kier alpha value is -3.71. The van der Waals surface area contributed by atoms with Crippen LogP contribution in [0.15, 0.2) is 82.9 Å². The first-order chi connectivity index (χ1) is 15.1. The van der Waals surface area contributed by atoms with Crippen molar-refractivity contribution in [2.45, 2.75) is 11.8 Å². The third-order valence-electron chi connectivity index (χ3n) is 4.51. The van der Waals surface area contributed by atoms with E-state index in [1.807, 2.05) is 54.6 Å². The smallest absolute Gasteiger partial charge is 0.342 e. The van der Waals surface area contributed by atoms with E-state index in [0.717, 1.165) is 28.4 Å². The fourth-order valence-electron chi connectivity index (χ4n) is 3.00. The minimum absolute atomic E-state index is 0.138. The Morgan fingerprint density at radius 3 is 2.58 bits per heavy atom. The van der Waals surface area contributed by atoms with E-state index >= 15 is 0 Å². The molecule has 3 aromatic carbocycles. The highest BCUT2D eigenvalue weighted by Crippen LogP contribution is 2.32. The monoisotopic (exact) mass is 432 g/mol. The van der Waals surface area contributed by atoms with Crippen LogP contribution in [0, 0.1) is 0 Å². The fourth-order valence-corrected chi connectivity index (χ4v) is 3.79. The first-order valence-corrected chi connectivity index (χ1v) is 10.4. The summed E-state index contributed by atoms with van der Waals surface area (Å²) in [4.78, 5) is 19.5. The highest BCUT2D eigenvalue weighted by Gasteiger charge is 2.14. The molecule has 0 spiro atoms. The Bertz CT molecular complexity index is 1200. The van der Waals surface area contributed by atoms with E-state index in [4.69, 9.17) is 9.47 Å². The topological polar surface area (TPSA) is 84.4 Å². The number of H-pyrrole nitrogens is 1. The normalized spacial score (nSPS) is 11.5. The third-order valence-corrected chi connectivity index (χ3v) is 5.41. The quantitative estimate of drug-likeness (QED) is 0.288. The van der Waals surface area contributed by atoms with Crippen molar-refractivity contribution in [3.63, 3.8) is 0 Å². The van der Waals surface area contributed by atoms with Gasteiger partial charge in [-0.2, -0.15) is 0 Å². The largest absolute Gasteiger partial charge is 0.493 e. The number of carbonyl (C=O) groups is 1. The maximum Gasteiger partial charge on any atom is 0.342 e. The summed E-state index contributed by atoms with van der Waals surface area (Å²) in [5.74, 6) is 0.0855. The lowest BCUT2D eigenvalue weighted by Crippen LogP contribution is -1.99. The van der Waals surface area contributed by atoms with Gasteiger partial charge < -0.3 is 19.6 Å². The molecule has 4 aromatic rings. The summed E-state index contributed by atoms with van der Waals surface area (Å²) in [6.07, 6.45) is 1.59. The van der Waals surface area contributed by atoms with Crippen LogP contribution < -0.4 is 9.47 Å². The number of hydrogen-bond donors (Lipinski definition) is 2. The van der Waals surface area contributed by atoms with E-state index in [1.165, 1.54) is 0 Å². The van der Waals surface area contributed by atoms with Crippen LogP contribution in [0.25, 0.3) is 17.1 Å². The number of rotatable bonds is 8. The van der Waals surface area contributed by atoms with Gasteiger partial charge >= 0.3 is 5.97 Å². The number of aromatic nitrogens is 2. The number of para-hydroxylation sites is 2. The zero-order valence-electron chi connectivity index (χ0n) is 16.7. The molecule has 4 rings (SSSR count). The van der Waals surface area contributed by atoms with E-state index in [2.05, 4.69) is 9.97 Å². The van der Waals surface area contributed by atoms with Gasteiger partial charge in [0.25, 0.3) is 0 Å². The molecule has 0 saturated carbocycles. The number of carboxylic acid groups (broad SMARTS) is 1. The number of nitrogens with one attached hydrogen (secondary N) is 1. The lowest BCUT2D eigenvalue weighted by Gasteiger charge is -2.11. The second kappa shape index (κ2) is 9.40. The van der Waals surface area contributed by atoms with E-state index in [0.29, 0.717) is 28.8 Å².